The summed E-state index contributed by atoms with van der Waals surface area (Å²) < 4.78 is 12.9. The summed E-state index contributed by atoms with van der Waals surface area (Å²) in [7, 11) is 0. The van der Waals surface area contributed by atoms with Crippen LogP contribution in [0.1, 0.15) is 42.9 Å². The van der Waals surface area contributed by atoms with Gasteiger partial charge in [-0.25, -0.2) is 4.98 Å². The van der Waals surface area contributed by atoms with Gasteiger partial charge < -0.3 is 14.4 Å². The maximum absolute atomic E-state index is 13.0. The van der Waals surface area contributed by atoms with Gasteiger partial charge >= 0.3 is 0 Å². The number of benzene rings is 2. The molecule has 0 saturated carbocycles. The Hall–Kier alpha value is -3.35. The van der Waals surface area contributed by atoms with Crippen molar-refractivity contribution >= 4 is 16.8 Å². The van der Waals surface area contributed by atoms with E-state index in [1.807, 2.05) is 48.2 Å². The molecule has 7 nitrogen and oxygen atoms in total. The Kier molecular flexibility index (Phi) is 5.55. The molecule has 1 saturated heterocycles. The lowest BCUT2D eigenvalue weighted by molar-refractivity contribution is -0.132. The number of para-hydroxylation sites is 1. The SMILES string of the molecule is Cc1cccc2c(=O)n(CCCC(=O)N3CCCC3c3ccc4c(c3)OCCO4)cnc12. The van der Waals surface area contributed by atoms with Gasteiger partial charge in [0.25, 0.3) is 5.56 Å². The van der Waals surface area contributed by atoms with Crippen LogP contribution in [-0.4, -0.2) is 40.1 Å². The lowest BCUT2D eigenvalue weighted by atomic mass is 10.0. The molecule has 3 aromatic rings. The largest absolute Gasteiger partial charge is 0.486 e. The number of aromatic nitrogens is 2. The van der Waals surface area contributed by atoms with Gasteiger partial charge in [-0.2, -0.15) is 0 Å². The van der Waals surface area contributed by atoms with Crippen LogP contribution in [0.25, 0.3) is 10.9 Å². The summed E-state index contributed by atoms with van der Waals surface area (Å²) in [5, 5.41) is 0.622. The average molecular weight is 434 g/mol. The minimum absolute atomic E-state index is 0.0542. The second-order valence-electron chi connectivity index (χ2n) is 8.47. The number of carbonyl (C=O) groups is 1. The van der Waals surface area contributed by atoms with Gasteiger partial charge in [-0.3, -0.25) is 14.2 Å². The second-order valence-corrected chi connectivity index (χ2v) is 8.47. The first-order valence-corrected chi connectivity index (χ1v) is 11.3. The van der Waals surface area contributed by atoms with Crippen LogP contribution in [0.5, 0.6) is 11.5 Å². The predicted molar refractivity (Wildman–Crippen MR) is 121 cm³/mol. The van der Waals surface area contributed by atoms with E-state index in [1.165, 1.54) is 0 Å². The summed E-state index contributed by atoms with van der Waals surface area (Å²) in [5.74, 6) is 1.65. The third kappa shape index (κ3) is 3.83. The Morgan fingerprint density at radius 2 is 2.00 bits per heavy atom. The van der Waals surface area contributed by atoms with E-state index in [0.717, 1.165) is 47.5 Å². The summed E-state index contributed by atoms with van der Waals surface area (Å²) in [6.45, 7) is 4.30. The number of rotatable bonds is 5. The normalized spacial score (nSPS) is 17.7. The number of fused-ring (bicyclic) bond motifs is 2. The third-order valence-corrected chi connectivity index (χ3v) is 6.37. The van der Waals surface area contributed by atoms with E-state index in [4.69, 9.17) is 9.47 Å². The molecule has 2 aromatic carbocycles. The topological polar surface area (TPSA) is 73.7 Å². The Morgan fingerprint density at radius 1 is 1.16 bits per heavy atom. The van der Waals surface area contributed by atoms with Crippen molar-refractivity contribution in [1.29, 1.82) is 0 Å². The highest BCUT2D eigenvalue weighted by atomic mass is 16.6. The molecule has 2 aliphatic heterocycles. The first kappa shape index (κ1) is 20.5. The van der Waals surface area contributed by atoms with Crippen LogP contribution in [0.4, 0.5) is 0 Å². The lowest BCUT2D eigenvalue weighted by Gasteiger charge is -2.27. The molecule has 7 heteroatoms. The summed E-state index contributed by atoms with van der Waals surface area (Å²) >= 11 is 0. The Balaban J connectivity index is 1.25. The fourth-order valence-electron chi connectivity index (χ4n) is 4.72. The predicted octanol–water partition coefficient (Wildman–Crippen LogP) is 3.62. The van der Waals surface area contributed by atoms with Crippen molar-refractivity contribution in [3.05, 3.63) is 64.2 Å². The number of hydrogen-bond donors (Lipinski definition) is 0. The molecule has 0 N–H and O–H groups in total. The van der Waals surface area contributed by atoms with Crippen LogP contribution in [-0.2, 0) is 11.3 Å². The molecule has 0 radical (unpaired) electrons. The highest BCUT2D eigenvalue weighted by Gasteiger charge is 2.30. The van der Waals surface area contributed by atoms with Gasteiger partial charge in [0.05, 0.1) is 23.3 Å². The number of carbonyl (C=O) groups excluding carboxylic acids is 1. The zero-order valence-electron chi connectivity index (χ0n) is 18.3. The maximum atomic E-state index is 13.0. The van der Waals surface area contributed by atoms with Gasteiger partial charge in [-0.15, -0.1) is 0 Å². The van der Waals surface area contributed by atoms with Crippen LogP contribution in [0.15, 0.2) is 47.5 Å². The lowest BCUT2D eigenvalue weighted by Crippen LogP contribution is -2.31. The standard InChI is InChI=1S/C25H27N3O4/c1-17-5-2-6-19-24(17)26-16-27(25(19)30)11-4-8-23(29)28-12-3-7-20(28)18-9-10-21-22(15-18)32-14-13-31-21/h2,5-6,9-10,15-16,20H,3-4,7-8,11-14H2,1H3. The van der Waals surface area contributed by atoms with E-state index >= 15 is 0 Å². The summed E-state index contributed by atoms with van der Waals surface area (Å²) in [6, 6.07) is 11.7. The molecule has 1 fully saturated rings. The molecule has 1 unspecified atom stereocenters. The first-order valence-electron chi connectivity index (χ1n) is 11.3. The second kappa shape index (κ2) is 8.65. The Morgan fingerprint density at radius 3 is 2.88 bits per heavy atom. The van der Waals surface area contributed by atoms with Crippen LogP contribution in [0.2, 0.25) is 0 Å². The molecular formula is C25H27N3O4. The van der Waals surface area contributed by atoms with Crippen molar-refractivity contribution in [2.45, 2.75) is 45.2 Å². The molecule has 0 aliphatic carbocycles. The summed E-state index contributed by atoms with van der Waals surface area (Å²) in [4.78, 5) is 32.2. The van der Waals surface area contributed by atoms with Crippen molar-refractivity contribution < 1.29 is 14.3 Å². The zero-order chi connectivity index (χ0) is 22.1. The number of aryl methyl sites for hydroxylation is 2. The van der Waals surface area contributed by atoms with E-state index in [0.29, 0.717) is 38.0 Å². The molecule has 2 aliphatic rings. The molecule has 0 spiro atoms. The van der Waals surface area contributed by atoms with Gasteiger partial charge in [-0.1, -0.05) is 18.2 Å². The molecule has 166 valence electrons. The fraction of sp³-hybridized carbons (Fsp3) is 0.400. The molecule has 0 bridgehead atoms. The number of likely N-dealkylation sites (tertiary alicyclic amines) is 1. The zero-order valence-corrected chi connectivity index (χ0v) is 18.3. The third-order valence-electron chi connectivity index (χ3n) is 6.37. The van der Waals surface area contributed by atoms with Gasteiger partial charge in [0.15, 0.2) is 11.5 Å². The number of amides is 1. The quantitative estimate of drug-likeness (QED) is 0.615. The molecule has 32 heavy (non-hydrogen) atoms. The molecule has 1 amide bonds. The minimum Gasteiger partial charge on any atom is -0.486 e. The smallest absolute Gasteiger partial charge is 0.261 e. The van der Waals surface area contributed by atoms with E-state index in [1.54, 1.807) is 10.9 Å². The van der Waals surface area contributed by atoms with Crippen LogP contribution >= 0.6 is 0 Å². The average Bonchev–Trinajstić information content (AvgIpc) is 3.31. The van der Waals surface area contributed by atoms with Crippen molar-refractivity contribution in [2.75, 3.05) is 19.8 Å². The number of ether oxygens (including phenoxy) is 2. The Bertz CT molecular complexity index is 1220. The van der Waals surface area contributed by atoms with Crippen LogP contribution < -0.4 is 15.0 Å². The highest BCUT2D eigenvalue weighted by Crippen LogP contribution is 2.38. The number of hydrogen-bond acceptors (Lipinski definition) is 5. The molecule has 5 rings (SSSR count). The van der Waals surface area contributed by atoms with E-state index in [-0.39, 0.29) is 17.5 Å². The molecule has 1 atom stereocenters. The highest BCUT2D eigenvalue weighted by molar-refractivity contribution is 5.80. The minimum atomic E-state index is -0.0542. The van der Waals surface area contributed by atoms with Crippen molar-refractivity contribution in [3.8, 4) is 11.5 Å². The monoisotopic (exact) mass is 433 g/mol. The maximum Gasteiger partial charge on any atom is 0.261 e. The molecule has 3 heterocycles. The summed E-state index contributed by atoms with van der Waals surface area (Å²) in [6.07, 6.45) is 4.52. The van der Waals surface area contributed by atoms with Crippen LogP contribution in [0, 0.1) is 6.92 Å². The van der Waals surface area contributed by atoms with Crippen molar-refractivity contribution in [3.63, 3.8) is 0 Å². The van der Waals surface area contributed by atoms with E-state index in [2.05, 4.69) is 4.98 Å². The fourth-order valence-corrected chi connectivity index (χ4v) is 4.72. The number of nitrogens with zero attached hydrogens (tertiary/aromatic N) is 3. The van der Waals surface area contributed by atoms with Crippen molar-refractivity contribution in [2.24, 2.45) is 0 Å². The molecular weight excluding hydrogens is 406 g/mol. The van der Waals surface area contributed by atoms with Gasteiger partial charge in [0.1, 0.15) is 13.2 Å². The molecule has 1 aromatic heterocycles. The van der Waals surface area contributed by atoms with E-state index in [9.17, 15) is 9.59 Å². The van der Waals surface area contributed by atoms with Gasteiger partial charge in [0.2, 0.25) is 5.91 Å². The Labute approximate surface area is 186 Å². The summed E-state index contributed by atoms with van der Waals surface area (Å²) in [5.41, 5.74) is 2.76. The van der Waals surface area contributed by atoms with Crippen molar-refractivity contribution in [1.82, 2.24) is 14.5 Å². The van der Waals surface area contributed by atoms with Crippen LogP contribution in [0.3, 0.4) is 0 Å². The van der Waals surface area contributed by atoms with E-state index < -0.39 is 0 Å². The first-order chi connectivity index (χ1) is 15.6. The van der Waals surface area contributed by atoms with Gasteiger partial charge in [-0.05, 0) is 55.5 Å². The van der Waals surface area contributed by atoms with Gasteiger partial charge in [0, 0.05) is 19.5 Å².